The topological polar surface area (TPSA) is 113 Å². The Bertz CT molecular complexity index is 1060. The Morgan fingerprint density at radius 1 is 1.10 bits per heavy atom. The minimum atomic E-state index is -0.682. The fraction of sp³-hybridized carbons (Fsp3) is 0.182. The number of carbonyl (C=O) groups excluding carboxylic acids is 2. The molecule has 2 aromatic carbocycles. The van der Waals surface area contributed by atoms with E-state index in [1.54, 1.807) is 36.4 Å². The van der Waals surface area contributed by atoms with Crippen LogP contribution in [0.1, 0.15) is 12.5 Å². The van der Waals surface area contributed by atoms with Crippen molar-refractivity contribution in [1.82, 2.24) is 10.2 Å². The van der Waals surface area contributed by atoms with Gasteiger partial charge in [-0.1, -0.05) is 29.4 Å². The van der Waals surface area contributed by atoms with Crippen molar-refractivity contribution >= 4 is 24.0 Å². The maximum absolute atomic E-state index is 11.9. The van der Waals surface area contributed by atoms with E-state index in [0.717, 1.165) is 5.56 Å². The zero-order valence-electron chi connectivity index (χ0n) is 17.0. The van der Waals surface area contributed by atoms with E-state index in [4.69, 9.17) is 18.6 Å². The molecule has 9 heteroatoms. The summed E-state index contributed by atoms with van der Waals surface area (Å²) in [6.45, 7) is 1.88. The number of anilines is 1. The van der Waals surface area contributed by atoms with Crippen LogP contribution >= 0.6 is 0 Å². The van der Waals surface area contributed by atoms with Crippen LogP contribution in [-0.2, 0) is 14.3 Å². The first-order valence-electron chi connectivity index (χ1n) is 9.43. The number of nitrogens with one attached hydrogen (secondary N) is 1. The summed E-state index contributed by atoms with van der Waals surface area (Å²) in [5.41, 5.74) is 1.43. The summed E-state index contributed by atoms with van der Waals surface area (Å²) >= 11 is 0. The molecule has 0 unspecified atom stereocenters. The van der Waals surface area contributed by atoms with Crippen LogP contribution < -0.4 is 14.8 Å². The molecule has 0 bridgehead atoms. The van der Waals surface area contributed by atoms with Crippen molar-refractivity contribution in [1.29, 1.82) is 0 Å². The van der Waals surface area contributed by atoms with Gasteiger partial charge in [0.15, 0.2) is 18.1 Å². The summed E-state index contributed by atoms with van der Waals surface area (Å²) in [6.07, 6.45) is 2.76. The highest BCUT2D eigenvalue weighted by atomic mass is 16.5. The van der Waals surface area contributed by atoms with Gasteiger partial charge in [-0.15, -0.1) is 5.10 Å². The van der Waals surface area contributed by atoms with Gasteiger partial charge in [0.25, 0.3) is 5.91 Å². The highest BCUT2D eigenvalue weighted by Crippen LogP contribution is 2.28. The third-order valence-electron chi connectivity index (χ3n) is 3.94. The zero-order valence-corrected chi connectivity index (χ0v) is 17.0. The summed E-state index contributed by atoms with van der Waals surface area (Å²) in [7, 11) is 1.53. The van der Waals surface area contributed by atoms with Gasteiger partial charge >= 0.3 is 12.0 Å². The largest absolute Gasteiger partial charge is 0.493 e. The van der Waals surface area contributed by atoms with Crippen LogP contribution in [0.25, 0.3) is 17.5 Å². The number of carbonyl (C=O) groups is 2. The Morgan fingerprint density at radius 2 is 1.90 bits per heavy atom. The average molecular weight is 423 g/mol. The van der Waals surface area contributed by atoms with E-state index in [1.807, 2.05) is 25.1 Å². The van der Waals surface area contributed by atoms with E-state index < -0.39 is 18.5 Å². The van der Waals surface area contributed by atoms with Crippen molar-refractivity contribution in [2.24, 2.45) is 0 Å². The van der Waals surface area contributed by atoms with Crippen molar-refractivity contribution < 1.29 is 28.2 Å². The molecule has 0 spiro atoms. The summed E-state index contributed by atoms with van der Waals surface area (Å²) in [4.78, 5) is 23.8. The summed E-state index contributed by atoms with van der Waals surface area (Å²) in [5.74, 6) is 0.136. The molecule has 0 fully saturated rings. The lowest BCUT2D eigenvalue weighted by molar-refractivity contribution is -0.142. The first-order valence-corrected chi connectivity index (χ1v) is 9.43. The molecule has 0 aliphatic rings. The predicted molar refractivity (Wildman–Crippen MR) is 113 cm³/mol. The molecular formula is C22H21N3O6. The van der Waals surface area contributed by atoms with Crippen LogP contribution in [0.3, 0.4) is 0 Å². The lowest BCUT2D eigenvalue weighted by Gasteiger charge is -2.09. The second kappa shape index (κ2) is 10.6. The Hall–Kier alpha value is -4.14. The van der Waals surface area contributed by atoms with Crippen molar-refractivity contribution in [3.63, 3.8) is 0 Å². The standard InChI is InChI=1S/C22H21N3O6/c1-3-29-17-11-9-15(13-18(17)28-2)10-12-20(27)30-14-19(26)23-22-25-24-21(31-22)16-7-5-4-6-8-16/h4-13H,3,14H2,1-2H3,(H,23,25,26)/b12-10+. The Kier molecular flexibility index (Phi) is 7.36. The Balaban J connectivity index is 1.49. The first-order chi connectivity index (χ1) is 15.1. The molecule has 1 heterocycles. The Morgan fingerprint density at radius 3 is 2.65 bits per heavy atom. The second-order valence-electron chi connectivity index (χ2n) is 6.11. The highest BCUT2D eigenvalue weighted by molar-refractivity contribution is 5.93. The molecule has 3 rings (SSSR count). The lowest BCUT2D eigenvalue weighted by atomic mass is 10.2. The van der Waals surface area contributed by atoms with Gasteiger partial charge < -0.3 is 18.6 Å². The van der Waals surface area contributed by atoms with Crippen LogP contribution in [0, 0.1) is 0 Å². The van der Waals surface area contributed by atoms with Gasteiger partial charge in [0.2, 0.25) is 5.89 Å². The minimum absolute atomic E-state index is 0.0862. The molecular weight excluding hydrogens is 402 g/mol. The molecule has 0 atom stereocenters. The van der Waals surface area contributed by atoms with E-state index in [9.17, 15) is 9.59 Å². The number of nitrogens with zero attached hydrogens (tertiary/aromatic N) is 2. The van der Waals surface area contributed by atoms with Crippen LogP contribution in [0.15, 0.2) is 59.0 Å². The number of rotatable bonds is 9. The smallest absolute Gasteiger partial charge is 0.331 e. The van der Waals surface area contributed by atoms with E-state index in [1.165, 1.54) is 13.2 Å². The SMILES string of the molecule is CCOc1ccc(/C=C/C(=O)OCC(=O)Nc2nnc(-c3ccccc3)o2)cc1OC. The molecule has 1 amide bonds. The lowest BCUT2D eigenvalue weighted by Crippen LogP contribution is -2.20. The molecule has 3 aromatic rings. The number of esters is 1. The van der Waals surface area contributed by atoms with E-state index in [0.29, 0.717) is 23.7 Å². The molecule has 31 heavy (non-hydrogen) atoms. The molecule has 0 radical (unpaired) electrons. The number of hydrogen-bond donors (Lipinski definition) is 1. The third-order valence-corrected chi connectivity index (χ3v) is 3.94. The van der Waals surface area contributed by atoms with Gasteiger partial charge in [-0.2, -0.15) is 0 Å². The number of methoxy groups -OCH3 is 1. The second-order valence-corrected chi connectivity index (χ2v) is 6.11. The number of aromatic nitrogens is 2. The molecule has 160 valence electrons. The van der Waals surface area contributed by atoms with Crippen LogP contribution in [0.2, 0.25) is 0 Å². The van der Waals surface area contributed by atoms with Crippen molar-refractivity contribution in [2.45, 2.75) is 6.92 Å². The summed E-state index contributed by atoms with van der Waals surface area (Å²) in [6, 6.07) is 14.3. The van der Waals surface area contributed by atoms with E-state index in [2.05, 4.69) is 15.5 Å². The number of benzene rings is 2. The van der Waals surface area contributed by atoms with Gasteiger partial charge in [0.05, 0.1) is 13.7 Å². The molecule has 0 saturated carbocycles. The monoisotopic (exact) mass is 423 g/mol. The van der Waals surface area contributed by atoms with Crippen molar-refractivity contribution in [3.8, 4) is 23.0 Å². The molecule has 1 N–H and O–H groups in total. The zero-order chi connectivity index (χ0) is 22.1. The number of amides is 1. The normalized spacial score (nSPS) is 10.6. The fourth-order valence-electron chi connectivity index (χ4n) is 2.54. The summed E-state index contributed by atoms with van der Waals surface area (Å²) < 4.78 is 21.0. The van der Waals surface area contributed by atoms with Crippen molar-refractivity contribution in [3.05, 3.63) is 60.2 Å². The number of hydrogen-bond acceptors (Lipinski definition) is 8. The van der Waals surface area contributed by atoms with Crippen LogP contribution in [0.5, 0.6) is 11.5 Å². The predicted octanol–water partition coefficient (Wildman–Crippen LogP) is 3.34. The fourth-order valence-corrected chi connectivity index (χ4v) is 2.54. The first kappa shape index (κ1) is 21.6. The van der Waals surface area contributed by atoms with Crippen LogP contribution in [0.4, 0.5) is 6.01 Å². The van der Waals surface area contributed by atoms with Gasteiger partial charge in [-0.25, -0.2) is 4.79 Å². The van der Waals surface area contributed by atoms with E-state index in [-0.39, 0.29) is 11.9 Å². The Labute approximate surface area is 178 Å². The van der Waals surface area contributed by atoms with Crippen LogP contribution in [-0.4, -0.2) is 42.4 Å². The number of ether oxygens (including phenoxy) is 3. The maximum Gasteiger partial charge on any atom is 0.331 e. The maximum atomic E-state index is 11.9. The third kappa shape index (κ3) is 6.17. The molecule has 0 aliphatic carbocycles. The van der Waals surface area contributed by atoms with Gasteiger partial charge in [-0.05, 0) is 42.8 Å². The highest BCUT2D eigenvalue weighted by Gasteiger charge is 2.12. The molecule has 0 saturated heterocycles. The summed E-state index contributed by atoms with van der Waals surface area (Å²) in [5, 5.41) is 9.99. The van der Waals surface area contributed by atoms with Gasteiger partial charge in [0, 0.05) is 11.6 Å². The van der Waals surface area contributed by atoms with E-state index >= 15 is 0 Å². The molecule has 1 aromatic heterocycles. The van der Waals surface area contributed by atoms with Crippen molar-refractivity contribution in [2.75, 3.05) is 25.6 Å². The minimum Gasteiger partial charge on any atom is -0.493 e. The van der Waals surface area contributed by atoms with Gasteiger partial charge in [0.1, 0.15) is 0 Å². The molecule has 0 aliphatic heterocycles. The average Bonchev–Trinajstić information content (AvgIpc) is 3.26. The van der Waals surface area contributed by atoms with Gasteiger partial charge in [-0.3, -0.25) is 10.1 Å². The molecule has 9 nitrogen and oxygen atoms in total. The quantitative estimate of drug-likeness (QED) is 0.412.